The summed E-state index contributed by atoms with van der Waals surface area (Å²) < 4.78 is 2.09. The van der Waals surface area contributed by atoms with Crippen LogP contribution in [-0.4, -0.2) is 24.5 Å². The van der Waals surface area contributed by atoms with Crippen LogP contribution in [0.15, 0.2) is 158 Å². The molecule has 0 amide bonds. The molecular formula is C45H36N4O. The monoisotopic (exact) mass is 648 g/mol. The van der Waals surface area contributed by atoms with Gasteiger partial charge in [0.15, 0.2) is 0 Å². The number of pyridine rings is 3. The van der Waals surface area contributed by atoms with E-state index in [4.69, 9.17) is 15.0 Å². The van der Waals surface area contributed by atoms with Gasteiger partial charge in [-0.3, -0.25) is 4.98 Å². The Bertz CT molecular complexity index is 2490. The molecule has 0 atom stereocenters. The number of phenols is 1. The number of phenolic OH excluding ortho intramolecular Hbond substituents is 1. The van der Waals surface area contributed by atoms with Crippen LogP contribution in [0.4, 0.5) is 0 Å². The van der Waals surface area contributed by atoms with Gasteiger partial charge in [0.2, 0.25) is 0 Å². The molecule has 4 heterocycles. The lowest BCUT2D eigenvalue weighted by Gasteiger charge is -2.19. The summed E-state index contributed by atoms with van der Waals surface area (Å²) in [4.78, 5) is 15.0. The summed E-state index contributed by atoms with van der Waals surface area (Å²) in [6, 6.07) is 47.1. The van der Waals surface area contributed by atoms with E-state index in [2.05, 4.69) is 128 Å². The van der Waals surface area contributed by atoms with Crippen molar-refractivity contribution >= 4 is 5.65 Å². The molecule has 0 unspecified atom stereocenters. The summed E-state index contributed by atoms with van der Waals surface area (Å²) in [5, 5.41) is 11.0. The molecule has 4 aromatic carbocycles. The largest absolute Gasteiger partial charge is 0.507 e. The topological polar surface area (TPSA) is 63.3 Å². The molecule has 8 aromatic rings. The average molecular weight is 649 g/mol. The molecule has 1 N–H and O–H groups in total. The van der Waals surface area contributed by atoms with Crippen LogP contribution in [0.1, 0.15) is 26.3 Å². The predicted molar refractivity (Wildman–Crippen MR) is 204 cm³/mol. The van der Waals surface area contributed by atoms with Crippen LogP contribution in [0.3, 0.4) is 0 Å². The normalized spacial score (nSPS) is 11.6. The molecule has 0 spiro atoms. The highest BCUT2D eigenvalue weighted by Crippen LogP contribution is 2.39. The van der Waals surface area contributed by atoms with E-state index in [0.717, 1.165) is 61.7 Å². The number of rotatable bonds is 6. The zero-order chi connectivity index (χ0) is 34.2. The minimum Gasteiger partial charge on any atom is -0.507 e. The van der Waals surface area contributed by atoms with Gasteiger partial charge in [-0.15, -0.1) is 0 Å². The third kappa shape index (κ3) is 5.95. The Balaban J connectivity index is 1.30. The van der Waals surface area contributed by atoms with Crippen molar-refractivity contribution < 1.29 is 5.11 Å². The minimum atomic E-state index is 0.00893. The maximum Gasteiger partial charge on any atom is 0.145 e. The fourth-order valence-corrected chi connectivity index (χ4v) is 6.50. The molecule has 0 saturated heterocycles. The zero-order valence-electron chi connectivity index (χ0n) is 28.2. The van der Waals surface area contributed by atoms with Gasteiger partial charge in [-0.2, -0.15) is 0 Å². The van der Waals surface area contributed by atoms with Gasteiger partial charge in [-0.1, -0.05) is 106 Å². The Kier molecular flexibility index (Phi) is 7.81. The van der Waals surface area contributed by atoms with Crippen molar-refractivity contribution in [3.8, 4) is 73.0 Å². The molecule has 0 saturated carbocycles. The average Bonchev–Trinajstić information content (AvgIpc) is 3.60. The first-order valence-corrected chi connectivity index (χ1v) is 16.8. The van der Waals surface area contributed by atoms with Gasteiger partial charge < -0.3 is 9.51 Å². The number of hydrogen-bond acceptors (Lipinski definition) is 4. The maximum atomic E-state index is 11.0. The van der Waals surface area contributed by atoms with E-state index in [1.165, 1.54) is 5.56 Å². The quantitative estimate of drug-likeness (QED) is 0.195. The van der Waals surface area contributed by atoms with E-state index in [1.807, 2.05) is 48.8 Å². The van der Waals surface area contributed by atoms with Gasteiger partial charge >= 0.3 is 0 Å². The Morgan fingerprint density at radius 3 is 1.94 bits per heavy atom. The fraction of sp³-hybridized carbons (Fsp3) is 0.0889. The van der Waals surface area contributed by atoms with E-state index in [0.29, 0.717) is 11.3 Å². The number of hydrogen-bond donors (Lipinski definition) is 1. The molecular weight excluding hydrogens is 613 g/mol. The Morgan fingerprint density at radius 2 is 1.16 bits per heavy atom. The molecule has 0 aliphatic heterocycles. The van der Waals surface area contributed by atoms with Crippen molar-refractivity contribution in [2.75, 3.05) is 0 Å². The van der Waals surface area contributed by atoms with E-state index in [-0.39, 0.29) is 11.2 Å². The Hall–Kier alpha value is -6.33. The van der Waals surface area contributed by atoms with Crippen molar-refractivity contribution in [1.29, 1.82) is 0 Å². The van der Waals surface area contributed by atoms with Crippen LogP contribution in [0, 0.1) is 0 Å². The van der Waals surface area contributed by atoms with Gasteiger partial charge in [0, 0.05) is 46.4 Å². The first-order chi connectivity index (χ1) is 24.3. The summed E-state index contributed by atoms with van der Waals surface area (Å²) >= 11 is 0. The van der Waals surface area contributed by atoms with Crippen LogP contribution in [-0.2, 0) is 5.41 Å². The Morgan fingerprint density at radius 1 is 0.500 bits per heavy atom. The maximum absolute atomic E-state index is 11.0. The van der Waals surface area contributed by atoms with Gasteiger partial charge in [0.1, 0.15) is 11.4 Å². The molecule has 50 heavy (non-hydrogen) atoms. The molecule has 0 radical (unpaired) electrons. The highest BCUT2D eigenvalue weighted by molar-refractivity contribution is 5.92. The first-order valence-electron chi connectivity index (χ1n) is 16.8. The van der Waals surface area contributed by atoms with Crippen LogP contribution in [0.2, 0.25) is 0 Å². The second-order valence-corrected chi connectivity index (χ2v) is 13.6. The summed E-state index contributed by atoms with van der Waals surface area (Å²) in [5.74, 6) is 0.184. The second kappa shape index (κ2) is 12.6. The third-order valence-corrected chi connectivity index (χ3v) is 9.17. The van der Waals surface area contributed by atoms with Crippen molar-refractivity contribution in [2.24, 2.45) is 0 Å². The third-order valence-electron chi connectivity index (χ3n) is 9.17. The summed E-state index contributed by atoms with van der Waals surface area (Å²) in [7, 11) is 0. The van der Waals surface area contributed by atoms with Crippen molar-refractivity contribution in [3.63, 3.8) is 0 Å². The van der Waals surface area contributed by atoms with Crippen molar-refractivity contribution in [2.45, 2.75) is 26.2 Å². The van der Waals surface area contributed by atoms with E-state index >= 15 is 0 Å². The van der Waals surface area contributed by atoms with Crippen molar-refractivity contribution in [3.05, 3.63) is 164 Å². The van der Waals surface area contributed by atoms with E-state index in [1.54, 1.807) is 6.07 Å². The summed E-state index contributed by atoms with van der Waals surface area (Å²) in [6.45, 7) is 6.64. The van der Waals surface area contributed by atoms with Crippen LogP contribution in [0.25, 0.3) is 72.9 Å². The van der Waals surface area contributed by atoms with E-state index in [9.17, 15) is 5.11 Å². The lowest BCUT2D eigenvalue weighted by atomic mass is 9.87. The highest BCUT2D eigenvalue weighted by atomic mass is 16.3. The molecule has 4 aromatic heterocycles. The number of benzene rings is 4. The fourth-order valence-electron chi connectivity index (χ4n) is 6.50. The van der Waals surface area contributed by atoms with Crippen LogP contribution >= 0.6 is 0 Å². The van der Waals surface area contributed by atoms with Crippen molar-refractivity contribution in [1.82, 2.24) is 19.4 Å². The number of nitrogens with zero attached hydrogens (tertiary/aromatic N) is 4. The molecule has 0 fully saturated rings. The predicted octanol–water partition coefficient (Wildman–Crippen LogP) is 11.1. The lowest BCUT2D eigenvalue weighted by molar-refractivity contribution is 0.477. The summed E-state index contributed by atoms with van der Waals surface area (Å²) in [5.41, 5.74) is 13.3. The summed E-state index contributed by atoms with van der Waals surface area (Å²) in [6.07, 6.45) is 6.01. The number of fused-ring (bicyclic) bond motifs is 1. The first kappa shape index (κ1) is 31.0. The smallest absolute Gasteiger partial charge is 0.145 e. The number of aromatic nitrogens is 4. The molecule has 5 nitrogen and oxygen atoms in total. The van der Waals surface area contributed by atoms with Gasteiger partial charge in [-0.05, 0) is 82.3 Å². The van der Waals surface area contributed by atoms with Gasteiger partial charge in [0.05, 0.1) is 22.8 Å². The standard InChI is InChI=1S/C45H36N4O/c1-45(2,3)34-22-23-46-39(28-34)31-15-11-16-32(25-31)40-26-33(27-41(47-40)38-19-9-10-21-43(38)50)35-17-7-8-18-36(35)37-20-12-24-49-29-42(48-44(37)49)30-13-5-4-6-14-30/h4-29,50H,1-3H3. The molecule has 242 valence electrons. The molecule has 8 rings (SSSR count). The Labute approximate surface area is 292 Å². The lowest BCUT2D eigenvalue weighted by Crippen LogP contribution is -2.11. The number of aromatic hydroxyl groups is 1. The number of para-hydroxylation sites is 1. The van der Waals surface area contributed by atoms with E-state index < -0.39 is 0 Å². The SMILES string of the molecule is CC(C)(C)c1ccnc(-c2cccc(-c3cc(-c4ccccc4-c4cccn5cc(-c6ccccc6)nc45)cc(-c4ccccc4O)n3)c2)c1. The van der Waals surface area contributed by atoms with Gasteiger partial charge in [-0.25, -0.2) is 9.97 Å². The van der Waals surface area contributed by atoms with Crippen LogP contribution in [0.5, 0.6) is 5.75 Å². The highest BCUT2D eigenvalue weighted by Gasteiger charge is 2.18. The minimum absolute atomic E-state index is 0.00893. The van der Waals surface area contributed by atoms with Crippen LogP contribution < -0.4 is 0 Å². The zero-order valence-corrected chi connectivity index (χ0v) is 28.2. The second-order valence-electron chi connectivity index (χ2n) is 13.6. The molecule has 5 heteroatoms. The van der Waals surface area contributed by atoms with Gasteiger partial charge in [0.25, 0.3) is 0 Å². The molecule has 0 aliphatic rings. The number of imidazole rings is 1. The molecule has 0 bridgehead atoms. The molecule has 0 aliphatic carbocycles.